The number of phenolic OH excluding ortho intramolecular Hbond substituents is 1. The van der Waals surface area contributed by atoms with E-state index in [0.717, 1.165) is 28.6 Å². The quantitative estimate of drug-likeness (QED) is 0.00584. The van der Waals surface area contributed by atoms with Gasteiger partial charge in [-0.2, -0.15) is 5.10 Å². The van der Waals surface area contributed by atoms with Gasteiger partial charge in [-0.25, -0.2) is 24.1 Å². The van der Waals surface area contributed by atoms with Crippen LogP contribution in [0.15, 0.2) is 89.5 Å². The summed E-state index contributed by atoms with van der Waals surface area (Å²) >= 11 is 0. The molecule has 3 aliphatic heterocycles. The molecule has 1 saturated carbocycles. The minimum atomic E-state index is -2.50. The summed E-state index contributed by atoms with van der Waals surface area (Å²) in [6, 6.07) is 4.70. The van der Waals surface area contributed by atoms with Crippen molar-refractivity contribution in [3.8, 4) is 17.1 Å². The number of Topliss-reactive ketones (excluding diaryl/α,β-unsaturated/α-hetero) is 2. The van der Waals surface area contributed by atoms with Crippen LogP contribution in [-0.2, 0) is 98.7 Å². The Bertz CT molecular complexity index is 4620. The Morgan fingerprint density at radius 2 is 1.40 bits per heavy atom. The topological polar surface area (TPSA) is 496 Å². The Hall–Kier alpha value is -9.35. The lowest BCUT2D eigenvalue weighted by molar-refractivity contribution is -0.265. The Labute approximate surface area is 768 Å². The molecule has 0 unspecified atom stereocenters. The van der Waals surface area contributed by atoms with Gasteiger partial charge in [0.05, 0.1) is 126 Å². The number of aromatic amines is 1. The summed E-state index contributed by atoms with van der Waals surface area (Å²) < 4.78 is 62.0. The third kappa shape index (κ3) is 33.1. The number of nitrogens with zero attached hydrogens (tertiary/aromatic N) is 9. The number of piperidine rings is 1. The molecule has 3 fully saturated rings. The molecule has 1 aromatic carbocycles. The average molecular weight is 1840 g/mol. The van der Waals surface area contributed by atoms with E-state index in [1.165, 1.54) is 11.2 Å². The lowest BCUT2D eigenvalue weighted by atomic mass is 9.79. The van der Waals surface area contributed by atoms with Gasteiger partial charge < -0.3 is 110 Å². The zero-order chi connectivity index (χ0) is 94.6. The zero-order valence-electron chi connectivity index (χ0n) is 78.3. The van der Waals surface area contributed by atoms with E-state index in [0.29, 0.717) is 203 Å². The highest BCUT2D eigenvalue weighted by Gasteiger charge is 2.53. The number of esters is 1. The number of carbonyl (C=O) groups is 7. The fourth-order valence-corrected chi connectivity index (χ4v) is 16.8. The molecule has 5 aromatic rings. The van der Waals surface area contributed by atoms with Crippen LogP contribution in [0.4, 0.5) is 5.82 Å². The highest BCUT2D eigenvalue weighted by atomic mass is 16.7. The van der Waals surface area contributed by atoms with Crippen LogP contribution < -0.4 is 27.4 Å². The summed E-state index contributed by atoms with van der Waals surface area (Å²) in [7, 11) is 3.20. The summed E-state index contributed by atoms with van der Waals surface area (Å²) in [6.45, 7) is 21.6. The van der Waals surface area contributed by atoms with Crippen LogP contribution in [0.3, 0.4) is 0 Å². The summed E-state index contributed by atoms with van der Waals surface area (Å²) in [5.41, 5.74) is 17.8. The third-order valence-corrected chi connectivity index (χ3v) is 24.3. The molecule has 0 spiro atoms. The summed E-state index contributed by atoms with van der Waals surface area (Å²) in [4.78, 5) is 115. The second-order valence-corrected chi connectivity index (χ2v) is 35.8. The fourth-order valence-electron chi connectivity index (χ4n) is 16.8. The number of aromatic nitrogens is 8. The summed E-state index contributed by atoms with van der Waals surface area (Å²) in [6.07, 6.45) is 16.4. The van der Waals surface area contributed by atoms with Crippen molar-refractivity contribution in [3.63, 3.8) is 0 Å². The van der Waals surface area contributed by atoms with Crippen molar-refractivity contribution < 1.29 is 106 Å². The van der Waals surface area contributed by atoms with E-state index in [9.17, 15) is 49.2 Å². The number of rotatable bonds is 41. The second kappa shape index (κ2) is 53.5. The van der Waals surface area contributed by atoms with Crippen LogP contribution in [0.1, 0.15) is 190 Å². The van der Waals surface area contributed by atoms with E-state index in [-0.39, 0.29) is 111 Å². The SMILES string of the molecule is CO[C@H]1C[C@@H]2CC[C@@H](C)[C@@](O)(O2)C(=O)C(=O)N2CCCC[C@H]2C(=O)O[C@H]([C@H](N)C[C@@H]2CC[C@H](n3cc(CCCC(=O)NCCOCCOCCOCCC(=O)NCCOCCOCCOCCC(=O)NCCCCn4nc(-c5cc6cc(O)ccc6[nH]5)c5c(N)ncnc54)nn3)[C@H](OC)C2)C/C(=N/OC(C)(C)C)[C@H](C)/C=C(\C)[C@@H](O)[C@@H](O)C(=O)[C@H](C)C[C@H](C)/C=C/C=C/C=C/1C. The molecular weight excluding hydrogens is 1690 g/mol. The van der Waals surface area contributed by atoms with E-state index in [1.807, 2.05) is 81.9 Å². The molecule has 0 radical (unpaired) electrons. The molecule has 4 aromatic heterocycles. The van der Waals surface area contributed by atoms with Gasteiger partial charge in [0.15, 0.2) is 11.4 Å². The summed E-state index contributed by atoms with van der Waals surface area (Å²) in [5.74, 6) is -8.15. The highest BCUT2D eigenvalue weighted by Crippen LogP contribution is 2.40. The first-order valence-corrected chi connectivity index (χ1v) is 46.4. The van der Waals surface area contributed by atoms with Gasteiger partial charge in [0, 0.05) is 120 Å². The van der Waals surface area contributed by atoms with Gasteiger partial charge in [-0.05, 0) is 172 Å². The zero-order valence-corrected chi connectivity index (χ0v) is 78.3. The van der Waals surface area contributed by atoms with E-state index in [2.05, 4.69) is 46.4 Å². The average Bonchev–Trinajstić information content (AvgIpc) is 1.58. The smallest absolute Gasteiger partial charge is 0.329 e. The Morgan fingerprint density at radius 3 is 2.08 bits per heavy atom. The molecule has 1 aliphatic carbocycles. The number of oxime groups is 1. The number of hydrogen-bond acceptors (Lipinski definition) is 30. The van der Waals surface area contributed by atoms with E-state index < -0.39 is 95.2 Å². The lowest BCUT2D eigenvalue weighted by Crippen LogP contribution is -2.61. The number of unbranched alkanes of at least 4 members (excludes halogenated alkanes) is 1. The molecule has 726 valence electrons. The molecule has 2 bridgehead atoms. The largest absolute Gasteiger partial charge is 0.508 e. The number of methoxy groups -OCH3 is 2. The number of nitrogen functional groups attached to an aromatic ring is 1. The molecule has 4 aliphatic rings. The monoisotopic (exact) mass is 1830 g/mol. The minimum absolute atomic E-state index is 0.0288. The standard InChI is InChI=1S/C94H143N15O22/c1-60-20-13-12-14-21-61(2)77(121-10)56-70-28-25-65(6)94(120,130-70)88(117)91(118)107-36-17-15-23-76(107)92(119)129-78(57-73(105-131-93(7,8)9)62(3)51-64(5)86(115)87(116)85(114)63(4)50-60)71(95)52-66-26-30-75(79(53-66)122-11)109-58-68(103-106-109)22-19-24-80(111)98-34-40-125-44-48-128-47-43-124-39-32-82(113)99-35-41-126-45-49-127-46-42-123-38-31-81(112)97-33-16-18-37-108-90-83(89(96)100-59-101-90)84(104-108)74-55-67-54-69(110)27-29-72(67)102-74/h12-14,20-21,27,29,51,54-55,58-60,62-63,65-66,70-71,75-79,86-87,102,110,115-116,120H,15-19,22-26,28,30-50,52-53,56-57,95H2,1-11H3,(H,97,112)(H,98,111)(H,99,113)(H2,96,100,101)/b14-12+,20-13+,61-21+,64-51+,105-73-/t60-,62-,63-,65-,66+,70+,71-,75+,76+,77+,78+,79-,86-,87+,94-/m1/s1. The van der Waals surface area contributed by atoms with Gasteiger partial charge in [0.1, 0.15) is 53.5 Å². The number of anilines is 1. The number of hydrogen-bond donors (Lipinski definition) is 10. The van der Waals surface area contributed by atoms with Gasteiger partial charge in [-0.15, -0.1) is 5.10 Å². The van der Waals surface area contributed by atoms with Crippen LogP contribution in [0, 0.1) is 29.6 Å². The Balaban J connectivity index is 0.631. The molecule has 7 heterocycles. The normalized spacial score (nSPS) is 26.4. The van der Waals surface area contributed by atoms with Crippen LogP contribution in [0.25, 0.3) is 33.3 Å². The number of H-pyrrole nitrogens is 1. The number of amides is 4. The van der Waals surface area contributed by atoms with Gasteiger partial charge in [-0.3, -0.25) is 28.8 Å². The first-order valence-electron chi connectivity index (χ1n) is 46.4. The van der Waals surface area contributed by atoms with Crippen molar-refractivity contribution in [2.75, 3.05) is 125 Å². The first kappa shape index (κ1) is 105. The van der Waals surface area contributed by atoms with Crippen molar-refractivity contribution in [1.29, 1.82) is 0 Å². The molecule has 37 heteroatoms. The predicted octanol–water partition coefficient (Wildman–Crippen LogP) is 7.90. The Morgan fingerprint density at radius 1 is 0.740 bits per heavy atom. The summed E-state index contributed by atoms with van der Waals surface area (Å²) in [5, 5.41) is 73.8. The number of aliphatic hydroxyl groups is 3. The number of nitrogens with two attached hydrogens (primary N) is 2. The number of aryl methyl sites for hydroxylation is 2. The number of phenols is 1. The molecule has 37 nitrogen and oxygen atoms in total. The van der Waals surface area contributed by atoms with Gasteiger partial charge in [-0.1, -0.05) is 74.5 Å². The van der Waals surface area contributed by atoms with Crippen molar-refractivity contribution in [3.05, 3.63) is 90.1 Å². The number of cyclic esters (lactones) is 1. The van der Waals surface area contributed by atoms with Crippen LogP contribution in [-0.4, -0.2) is 292 Å². The number of carbonyl (C=O) groups excluding carboxylic acids is 7. The third-order valence-electron chi connectivity index (χ3n) is 24.3. The maximum absolute atomic E-state index is 15.1. The molecule has 4 amide bonds. The predicted molar refractivity (Wildman–Crippen MR) is 490 cm³/mol. The molecule has 131 heavy (non-hydrogen) atoms. The molecule has 12 N–H and O–H groups in total. The lowest BCUT2D eigenvalue weighted by Gasteiger charge is -2.42. The van der Waals surface area contributed by atoms with Crippen molar-refractivity contribution in [1.82, 2.24) is 60.6 Å². The second-order valence-electron chi connectivity index (χ2n) is 35.8. The molecule has 15 atom stereocenters. The molecule has 2 saturated heterocycles. The number of allylic oxidation sites excluding steroid dienone is 6. The fraction of sp³-hybridized carbons (Fsp3) is 0.670. The number of aliphatic hydroxyl groups excluding tert-OH is 2. The number of fused-ring (bicyclic) bond motifs is 5. The first-order chi connectivity index (χ1) is 62.8. The highest BCUT2D eigenvalue weighted by molar-refractivity contribution is 6.39. The van der Waals surface area contributed by atoms with Crippen molar-refractivity contribution in [2.24, 2.45) is 40.5 Å². The number of nitrogens with one attached hydrogen (secondary N) is 4. The van der Waals surface area contributed by atoms with Gasteiger partial charge in [0.25, 0.3) is 11.7 Å². The van der Waals surface area contributed by atoms with Crippen molar-refractivity contribution >= 4 is 74.6 Å². The number of ketones is 2. The maximum Gasteiger partial charge on any atom is 0.329 e. The van der Waals surface area contributed by atoms with E-state index in [4.69, 9.17) is 68.8 Å². The van der Waals surface area contributed by atoms with Gasteiger partial charge in [0.2, 0.25) is 23.5 Å². The maximum atomic E-state index is 15.1. The van der Waals surface area contributed by atoms with Crippen LogP contribution >= 0.6 is 0 Å². The van der Waals surface area contributed by atoms with E-state index >= 15 is 4.79 Å². The van der Waals surface area contributed by atoms with Crippen LogP contribution in [0.2, 0.25) is 0 Å². The Kier molecular flexibility index (Phi) is 43.0. The molecular formula is C94H143N15O22. The van der Waals surface area contributed by atoms with E-state index in [1.54, 1.807) is 70.9 Å². The number of aromatic hydroxyl groups is 1. The number of benzene rings is 1. The number of ether oxygens (including phenoxy) is 10. The molecule has 9 rings (SSSR count). The minimum Gasteiger partial charge on any atom is -0.508 e. The van der Waals surface area contributed by atoms with Crippen molar-refractivity contribution in [2.45, 2.75) is 257 Å². The van der Waals surface area contributed by atoms with Crippen LogP contribution in [0.5, 0.6) is 5.75 Å². The van der Waals surface area contributed by atoms with Gasteiger partial charge >= 0.3 is 5.97 Å².